The van der Waals surface area contributed by atoms with Crippen molar-refractivity contribution in [1.82, 2.24) is 0 Å². The van der Waals surface area contributed by atoms with Crippen molar-refractivity contribution in [3.05, 3.63) is 12.7 Å². The van der Waals surface area contributed by atoms with Crippen LogP contribution in [0.25, 0.3) is 0 Å². The van der Waals surface area contributed by atoms with Crippen LogP contribution in [0.4, 0.5) is 0 Å². The molecule has 0 unspecified atom stereocenters. The molecule has 0 aromatic rings. The Kier molecular flexibility index (Phi) is 7.39. The monoisotopic (exact) mass is 258 g/mol. The minimum Gasteiger partial charge on any atom is -0.463 e. The van der Waals surface area contributed by atoms with Gasteiger partial charge in [0.15, 0.2) is 8.32 Å². The fourth-order valence-electron chi connectivity index (χ4n) is 2.40. The fourth-order valence-corrected chi connectivity index (χ4v) is 6.73. The van der Waals surface area contributed by atoms with E-state index in [1.807, 2.05) is 7.11 Å². The number of rotatable bonds is 8. The molecule has 0 heterocycles. The second kappa shape index (κ2) is 7.66. The lowest BCUT2D eigenvalue weighted by molar-refractivity contribution is -0.137. The van der Waals surface area contributed by atoms with Crippen molar-refractivity contribution in [3.8, 4) is 0 Å². The van der Waals surface area contributed by atoms with Gasteiger partial charge in [0.1, 0.15) is 0 Å². The zero-order chi connectivity index (χ0) is 13.5. The predicted octanol–water partition coefficient (Wildman–Crippen LogP) is 3.52. The first-order valence-corrected chi connectivity index (χ1v) is 8.52. The zero-order valence-electron chi connectivity index (χ0n) is 11.8. The highest BCUT2D eigenvalue weighted by Crippen LogP contribution is 2.37. The summed E-state index contributed by atoms with van der Waals surface area (Å²) < 4.78 is 10.9. The molecule has 0 amide bonds. The van der Waals surface area contributed by atoms with Crippen molar-refractivity contribution in [3.63, 3.8) is 0 Å². The minimum absolute atomic E-state index is 0.344. The Morgan fingerprint density at radius 2 is 1.82 bits per heavy atom. The van der Waals surface area contributed by atoms with Crippen LogP contribution in [0.5, 0.6) is 0 Å². The molecule has 0 aliphatic heterocycles. The second-order valence-corrected chi connectivity index (χ2v) is 10.1. The van der Waals surface area contributed by atoms with E-state index in [1.165, 1.54) is 6.08 Å². The summed E-state index contributed by atoms with van der Waals surface area (Å²) in [5.41, 5.74) is 1.14. The SMILES string of the molecule is C=CC(=O)OCCC[Si](OC)(C(C)C)C(C)C. The molecule has 0 aliphatic carbocycles. The van der Waals surface area contributed by atoms with Crippen molar-refractivity contribution < 1.29 is 14.0 Å². The van der Waals surface area contributed by atoms with Crippen molar-refractivity contribution in [2.24, 2.45) is 0 Å². The topological polar surface area (TPSA) is 35.5 Å². The molecule has 100 valence electrons. The van der Waals surface area contributed by atoms with Gasteiger partial charge in [-0.1, -0.05) is 34.3 Å². The third-order valence-corrected chi connectivity index (χ3v) is 9.26. The summed E-state index contributed by atoms with van der Waals surface area (Å²) >= 11 is 0. The minimum atomic E-state index is -1.72. The Labute approximate surface area is 106 Å². The summed E-state index contributed by atoms with van der Waals surface area (Å²) in [5, 5.41) is 0. The first-order valence-electron chi connectivity index (χ1n) is 6.25. The molecule has 3 nitrogen and oxygen atoms in total. The van der Waals surface area contributed by atoms with Crippen LogP contribution in [0.1, 0.15) is 34.1 Å². The predicted molar refractivity (Wildman–Crippen MR) is 73.5 cm³/mol. The fraction of sp³-hybridized carbons (Fsp3) is 0.769. The summed E-state index contributed by atoms with van der Waals surface area (Å²) in [7, 11) is 0.0979. The number of carbonyl (C=O) groups excluding carboxylic acids is 1. The van der Waals surface area contributed by atoms with Crippen LogP contribution in [0.3, 0.4) is 0 Å². The van der Waals surface area contributed by atoms with E-state index in [4.69, 9.17) is 9.16 Å². The molecule has 0 aliphatic rings. The summed E-state index contributed by atoms with van der Waals surface area (Å²) in [4.78, 5) is 10.9. The van der Waals surface area contributed by atoms with E-state index in [0.29, 0.717) is 17.7 Å². The lowest BCUT2D eigenvalue weighted by Gasteiger charge is -2.37. The number of carbonyl (C=O) groups is 1. The van der Waals surface area contributed by atoms with Crippen LogP contribution in [-0.4, -0.2) is 28.0 Å². The molecule has 0 saturated heterocycles. The average molecular weight is 258 g/mol. The molecule has 0 aromatic heterocycles. The zero-order valence-corrected chi connectivity index (χ0v) is 12.8. The summed E-state index contributed by atoms with van der Waals surface area (Å²) in [6.45, 7) is 12.7. The first-order chi connectivity index (χ1) is 7.90. The van der Waals surface area contributed by atoms with E-state index in [-0.39, 0.29) is 5.97 Å². The Morgan fingerprint density at radius 1 is 1.29 bits per heavy atom. The van der Waals surface area contributed by atoms with Gasteiger partial charge in [-0.2, -0.15) is 0 Å². The summed E-state index contributed by atoms with van der Waals surface area (Å²) in [5.74, 6) is -0.344. The molecule has 0 atom stereocenters. The van der Waals surface area contributed by atoms with Gasteiger partial charge in [-0.15, -0.1) is 0 Å². The summed E-state index contributed by atoms with van der Waals surface area (Å²) in [6.07, 6.45) is 2.07. The largest absolute Gasteiger partial charge is 0.463 e. The van der Waals surface area contributed by atoms with E-state index in [9.17, 15) is 4.79 Å². The molecule has 0 aromatic carbocycles. The maximum absolute atomic E-state index is 10.9. The number of esters is 1. The van der Waals surface area contributed by atoms with Gasteiger partial charge in [-0.05, 0) is 23.5 Å². The van der Waals surface area contributed by atoms with Gasteiger partial charge < -0.3 is 9.16 Å². The van der Waals surface area contributed by atoms with Crippen LogP contribution in [0, 0.1) is 0 Å². The Balaban J connectivity index is 4.27. The second-order valence-electron chi connectivity index (χ2n) is 4.94. The van der Waals surface area contributed by atoms with Crippen molar-refractivity contribution in [2.75, 3.05) is 13.7 Å². The lowest BCUT2D eigenvalue weighted by atomic mass is 10.5. The highest BCUT2D eigenvalue weighted by Gasteiger charge is 2.40. The molecule has 0 bridgehead atoms. The highest BCUT2D eigenvalue weighted by atomic mass is 28.4. The molecular weight excluding hydrogens is 232 g/mol. The summed E-state index contributed by atoms with van der Waals surface area (Å²) in [6, 6.07) is 1.03. The lowest BCUT2D eigenvalue weighted by Crippen LogP contribution is -2.43. The number of hydrogen-bond donors (Lipinski definition) is 0. The van der Waals surface area contributed by atoms with Crippen LogP contribution < -0.4 is 0 Å². The Hall–Kier alpha value is -0.613. The van der Waals surface area contributed by atoms with E-state index in [0.717, 1.165) is 12.5 Å². The van der Waals surface area contributed by atoms with Gasteiger partial charge in [-0.3, -0.25) is 0 Å². The van der Waals surface area contributed by atoms with Crippen LogP contribution in [0.15, 0.2) is 12.7 Å². The van der Waals surface area contributed by atoms with E-state index in [1.54, 1.807) is 0 Å². The van der Waals surface area contributed by atoms with Gasteiger partial charge >= 0.3 is 5.97 Å². The molecule has 0 fully saturated rings. The van der Waals surface area contributed by atoms with Gasteiger partial charge in [0.2, 0.25) is 0 Å². The third kappa shape index (κ3) is 4.64. The molecule has 17 heavy (non-hydrogen) atoms. The smallest absolute Gasteiger partial charge is 0.330 e. The van der Waals surface area contributed by atoms with E-state index >= 15 is 0 Å². The first kappa shape index (κ1) is 16.4. The molecule has 0 spiro atoms. The highest BCUT2D eigenvalue weighted by molar-refractivity contribution is 6.76. The van der Waals surface area contributed by atoms with Gasteiger partial charge in [0.25, 0.3) is 0 Å². The maximum atomic E-state index is 10.9. The van der Waals surface area contributed by atoms with E-state index in [2.05, 4.69) is 34.3 Å². The molecule has 0 radical (unpaired) electrons. The number of hydrogen-bond acceptors (Lipinski definition) is 3. The number of ether oxygens (including phenoxy) is 1. The van der Waals surface area contributed by atoms with Gasteiger partial charge in [0.05, 0.1) is 6.61 Å². The van der Waals surface area contributed by atoms with Gasteiger partial charge in [-0.25, -0.2) is 4.79 Å². The molecule has 0 rings (SSSR count). The van der Waals surface area contributed by atoms with Gasteiger partial charge in [0, 0.05) is 13.2 Å². The molecular formula is C13H26O3Si. The Morgan fingerprint density at radius 3 is 2.18 bits per heavy atom. The van der Waals surface area contributed by atoms with Crippen molar-refractivity contribution >= 4 is 14.3 Å². The van der Waals surface area contributed by atoms with Crippen LogP contribution in [-0.2, 0) is 14.0 Å². The molecule has 0 saturated carbocycles. The molecule has 0 N–H and O–H groups in total. The quantitative estimate of drug-likeness (QED) is 0.289. The van der Waals surface area contributed by atoms with Crippen LogP contribution in [0.2, 0.25) is 17.1 Å². The Bertz CT molecular complexity index is 241. The van der Waals surface area contributed by atoms with Crippen molar-refractivity contribution in [2.45, 2.75) is 51.2 Å². The maximum Gasteiger partial charge on any atom is 0.330 e. The standard InChI is InChI=1S/C13H26O3Si/c1-7-13(14)16-9-8-10-17(15-6,11(2)3)12(4)5/h7,11-12H,1,8-10H2,2-6H3. The molecule has 4 heteroatoms. The normalized spacial score (nSPS) is 11.9. The van der Waals surface area contributed by atoms with Crippen molar-refractivity contribution in [1.29, 1.82) is 0 Å². The van der Waals surface area contributed by atoms with Crippen LogP contribution >= 0.6 is 0 Å². The average Bonchev–Trinajstić information content (AvgIpc) is 2.28. The third-order valence-electron chi connectivity index (χ3n) is 3.46. The van der Waals surface area contributed by atoms with E-state index < -0.39 is 8.32 Å².